The van der Waals surface area contributed by atoms with E-state index in [0.29, 0.717) is 30.0 Å². The van der Waals surface area contributed by atoms with Crippen LogP contribution in [-0.4, -0.2) is 30.2 Å². The lowest BCUT2D eigenvalue weighted by molar-refractivity contribution is -0.117. The number of aryl methyl sites for hydroxylation is 2. The van der Waals surface area contributed by atoms with Crippen LogP contribution in [0, 0.1) is 19.8 Å². The number of hydrogen-bond acceptors (Lipinski definition) is 5. The highest BCUT2D eigenvalue weighted by molar-refractivity contribution is 5.96. The average Bonchev–Trinajstić information content (AvgIpc) is 3.08. The van der Waals surface area contributed by atoms with Gasteiger partial charge in [0.25, 0.3) is 0 Å². The summed E-state index contributed by atoms with van der Waals surface area (Å²) in [7, 11) is 0. The molecule has 0 N–H and O–H groups in total. The molecule has 1 aliphatic rings. The van der Waals surface area contributed by atoms with Gasteiger partial charge in [0.15, 0.2) is 0 Å². The Labute approximate surface area is 134 Å². The summed E-state index contributed by atoms with van der Waals surface area (Å²) < 4.78 is 10.3. The van der Waals surface area contributed by atoms with Crippen molar-refractivity contribution in [3.05, 3.63) is 47.3 Å². The number of para-hydroxylation sites is 1. The molecule has 0 aliphatic carbocycles. The van der Waals surface area contributed by atoms with Crippen molar-refractivity contribution in [2.45, 2.75) is 20.3 Å². The fourth-order valence-electron chi connectivity index (χ4n) is 2.79. The minimum absolute atomic E-state index is 0.00729. The van der Waals surface area contributed by atoms with E-state index in [1.165, 1.54) is 0 Å². The lowest BCUT2D eigenvalue weighted by atomic mass is 10.1. The fourth-order valence-corrected chi connectivity index (χ4v) is 2.79. The van der Waals surface area contributed by atoms with Crippen molar-refractivity contribution >= 4 is 17.6 Å². The van der Waals surface area contributed by atoms with Crippen LogP contribution in [0.25, 0.3) is 0 Å². The van der Waals surface area contributed by atoms with Crippen LogP contribution >= 0.6 is 0 Å². The van der Waals surface area contributed by atoms with Crippen LogP contribution in [0.4, 0.5) is 5.69 Å². The zero-order valence-corrected chi connectivity index (χ0v) is 13.1. The van der Waals surface area contributed by atoms with Gasteiger partial charge in [-0.25, -0.2) is 4.79 Å². The summed E-state index contributed by atoms with van der Waals surface area (Å²) in [6, 6.07) is 9.50. The average molecular weight is 314 g/mol. The summed E-state index contributed by atoms with van der Waals surface area (Å²) in [6.45, 7) is 4.13. The van der Waals surface area contributed by atoms with Crippen LogP contribution in [0.15, 0.2) is 34.9 Å². The molecular formula is C17H18N2O4. The number of nitrogens with zero attached hydrogens (tertiary/aromatic N) is 2. The van der Waals surface area contributed by atoms with Crippen molar-refractivity contribution in [3.8, 4) is 0 Å². The molecule has 6 heteroatoms. The van der Waals surface area contributed by atoms with Gasteiger partial charge in [0.2, 0.25) is 5.91 Å². The number of carbonyl (C=O) groups is 2. The number of esters is 1. The standard InChI is InChI=1S/C17H18N2O4/c1-11-16(12(2)23-18-11)17(21)22-10-13-8-15(20)19(9-13)14-6-4-3-5-7-14/h3-7,13H,8-10H2,1-2H3/t13-/m0/s1. The second-order valence-corrected chi connectivity index (χ2v) is 5.71. The number of amides is 1. The summed E-state index contributed by atoms with van der Waals surface area (Å²) in [4.78, 5) is 26.0. The first kappa shape index (κ1) is 15.3. The van der Waals surface area contributed by atoms with E-state index in [1.807, 2.05) is 30.3 Å². The lowest BCUT2D eigenvalue weighted by Crippen LogP contribution is -2.25. The first-order valence-corrected chi connectivity index (χ1v) is 7.51. The first-order valence-electron chi connectivity index (χ1n) is 7.51. The molecule has 0 bridgehead atoms. The maximum Gasteiger partial charge on any atom is 0.343 e. The van der Waals surface area contributed by atoms with Crippen LogP contribution in [0.5, 0.6) is 0 Å². The van der Waals surface area contributed by atoms with Gasteiger partial charge in [0, 0.05) is 24.6 Å². The van der Waals surface area contributed by atoms with Gasteiger partial charge in [-0.05, 0) is 26.0 Å². The van der Waals surface area contributed by atoms with E-state index in [-0.39, 0.29) is 18.4 Å². The van der Waals surface area contributed by atoms with Crippen LogP contribution < -0.4 is 4.90 Å². The number of hydrogen-bond donors (Lipinski definition) is 0. The third-order valence-electron chi connectivity index (χ3n) is 3.96. The van der Waals surface area contributed by atoms with Crippen LogP contribution in [0.3, 0.4) is 0 Å². The summed E-state index contributed by atoms with van der Waals surface area (Å²) in [5, 5.41) is 3.74. The maximum absolute atomic E-state index is 12.1. The molecule has 23 heavy (non-hydrogen) atoms. The Morgan fingerprint density at radius 2 is 2.09 bits per heavy atom. The Morgan fingerprint density at radius 3 is 2.74 bits per heavy atom. The van der Waals surface area contributed by atoms with Crippen molar-refractivity contribution in [3.63, 3.8) is 0 Å². The summed E-state index contributed by atoms with van der Waals surface area (Å²) >= 11 is 0. The molecule has 120 valence electrons. The third-order valence-corrected chi connectivity index (χ3v) is 3.96. The van der Waals surface area contributed by atoms with E-state index >= 15 is 0 Å². The summed E-state index contributed by atoms with van der Waals surface area (Å²) in [6.07, 6.45) is 0.379. The van der Waals surface area contributed by atoms with Gasteiger partial charge in [-0.2, -0.15) is 0 Å². The highest BCUT2D eigenvalue weighted by atomic mass is 16.5. The SMILES string of the molecule is Cc1noc(C)c1C(=O)OC[C@H]1CC(=O)N(c2ccccc2)C1. The third kappa shape index (κ3) is 3.11. The Kier molecular flexibility index (Phi) is 4.14. The van der Waals surface area contributed by atoms with Gasteiger partial charge < -0.3 is 14.2 Å². The Balaban J connectivity index is 1.60. The molecule has 1 saturated heterocycles. The number of ether oxygens (including phenoxy) is 1. The molecule has 0 unspecified atom stereocenters. The van der Waals surface area contributed by atoms with Crippen molar-refractivity contribution in [1.29, 1.82) is 0 Å². The van der Waals surface area contributed by atoms with Gasteiger partial charge in [0.05, 0.1) is 12.3 Å². The first-order chi connectivity index (χ1) is 11.1. The molecule has 1 fully saturated rings. The molecule has 0 saturated carbocycles. The van der Waals surface area contributed by atoms with Crippen molar-refractivity contribution in [2.75, 3.05) is 18.1 Å². The normalized spacial score (nSPS) is 17.6. The second kappa shape index (κ2) is 6.24. The molecular weight excluding hydrogens is 296 g/mol. The van der Waals surface area contributed by atoms with Crippen molar-refractivity contribution < 1.29 is 18.8 Å². The molecule has 1 amide bonds. The number of anilines is 1. The molecule has 0 radical (unpaired) electrons. The Bertz CT molecular complexity index is 704. The predicted molar refractivity (Wildman–Crippen MR) is 83.2 cm³/mol. The molecule has 2 heterocycles. The number of rotatable bonds is 4. The monoisotopic (exact) mass is 314 g/mol. The Hall–Kier alpha value is -2.63. The van der Waals surface area contributed by atoms with E-state index in [0.717, 1.165) is 5.69 Å². The highest BCUT2D eigenvalue weighted by Gasteiger charge is 2.32. The van der Waals surface area contributed by atoms with Gasteiger partial charge in [-0.15, -0.1) is 0 Å². The lowest BCUT2D eigenvalue weighted by Gasteiger charge is -2.16. The highest BCUT2D eigenvalue weighted by Crippen LogP contribution is 2.25. The fraction of sp³-hybridized carbons (Fsp3) is 0.353. The number of benzene rings is 1. The van der Waals surface area contributed by atoms with Gasteiger partial charge in [0.1, 0.15) is 11.3 Å². The van der Waals surface area contributed by atoms with Crippen molar-refractivity contribution in [2.24, 2.45) is 5.92 Å². The van der Waals surface area contributed by atoms with E-state index in [9.17, 15) is 9.59 Å². The molecule has 0 spiro atoms. The Morgan fingerprint density at radius 1 is 1.35 bits per heavy atom. The summed E-state index contributed by atoms with van der Waals surface area (Å²) in [5.41, 5.74) is 1.76. The van der Waals surface area contributed by atoms with Gasteiger partial charge in [-0.1, -0.05) is 23.4 Å². The topological polar surface area (TPSA) is 72.6 Å². The molecule has 1 atom stereocenters. The van der Waals surface area contributed by atoms with Gasteiger partial charge in [-0.3, -0.25) is 4.79 Å². The van der Waals surface area contributed by atoms with Gasteiger partial charge >= 0.3 is 5.97 Å². The zero-order chi connectivity index (χ0) is 16.4. The number of carbonyl (C=O) groups excluding carboxylic acids is 2. The van der Waals surface area contributed by atoms with Crippen LogP contribution in [0.2, 0.25) is 0 Å². The predicted octanol–water partition coefficient (Wildman–Crippen LogP) is 2.50. The minimum Gasteiger partial charge on any atom is -0.462 e. The molecule has 2 aromatic rings. The van der Waals surface area contributed by atoms with Crippen molar-refractivity contribution in [1.82, 2.24) is 5.16 Å². The second-order valence-electron chi connectivity index (χ2n) is 5.71. The number of aromatic nitrogens is 1. The van der Waals surface area contributed by atoms with E-state index in [1.54, 1.807) is 18.7 Å². The molecule has 1 aromatic heterocycles. The maximum atomic E-state index is 12.1. The molecule has 1 aromatic carbocycles. The smallest absolute Gasteiger partial charge is 0.343 e. The molecule has 3 rings (SSSR count). The van der Waals surface area contributed by atoms with E-state index in [4.69, 9.17) is 9.26 Å². The van der Waals surface area contributed by atoms with E-state index in [2.05, 4.69) is 5.16 Å². The van der Waals surface area contributed by atoms with Crippen LogP contribution in [0.1, 0.15) is 28.2 Å². The largest absolute Gasteiger partial charge is 0.462 e. The van der Waals surface area contributed by atoms with E-state index < -0.39 is 5.97 Å². The molecule has 6 nitrogen and oxygen atoms in total. The van der Waals surface area contributed by atoms with Crippen LogP contribution in [-0.2, 0) is 9.53 Å². The zero-order valence-electron chi connectivity index (χ0n) is 13.1. The molecule has 1 aliphatic heterocycles. The minimum atomic E-state index is -0.452. The quantitative estimate of drug-likeness (QED) is 0.811. The summed E-state index contributed by atoms with van der Waals surface area (Å²) in [5.74, 6) is 0.0366.